The molecule has 4 heterocycles. The summed E-state index contributed by atoms with van der Waals surface area (Å²) in [7, 11) is -4.49. The minimum atomic E-state index is -4.49. The Balaban J connectivity index is 0.993. The van der Waals surface area contributed by atoms with Crippen molar-refractivity contribution in [3.05, 3.63) is 101 Å². The van der Waals surface area contributed by atoms with Crippen LogP contribution in [0, 0.1) is 11.8 Å². The highest BCUT2D eigenvalue weighted by atomic mass is 127. The summed E-state index contributed by atoms with van der Waals surface area (Å²) in [5, 5.41) is 26.3. The van der Waals surface area contributed by atoms with Crippen molar-refractivity contribution in [1.82, 2.24) is 19.6 Å². The highest BCUT2D eigenvalue weighted by Gasteiger charge is 2.38. The zero-order chi connectivity index (χ0) is 43.4. The Morgan fingerprint density at radius 3 is 2.58 bits per heavy atom. The molecule has 0 bridgehead atoms. The lowest BCUT2D eigenvalue weighted by molar-refractivity contribution is -0.00848. The van der Waals surface area contributed by atoms with E-state index in [-0.39, 0.29) is 27.8 Å². The number of pyridine rings is 1. The van der Waals surface area contributed by atoms with Crippen LogP contribution in [0.25, 0.3) is 11.0 Å². The lowest BCUT2D eigenvalue weighted by Gasteiger charge is -2.44. The average molecular weight is 1000 g/mol. The number of carbonyl (C=O) groups is 1. The molecule has 0 spiro atoms. The summed E-state index contributed by atoms with van der Waals surface area (Å²) in [6.07, 6.45) is 7.38. The van der Waals surface area contributed by atoms with E-state index in [2.05, 4.69) is 41.9 Å². The van der Waals surface area contributed by atoms with E-state index in [1.165, 1.54) is 30.0 Å². The first-order valence-corrected chi connectivity index (χ1v) is 24.5. The van der Waals surface area contributed by atoms with E-state index >= 15 is 0 Å². The monoisotopic (exact) mass is 999 g/mol. The summed E-state index contributed by atoms with van der Waals surface area (Å²) in [5.74, 6) is 0.486. The summed E-state index contributed by atoms with van der Waals surface area (Å²) in [5.41, 5.74) is 2.36. The fourth-order valence-corrected chi connectivity index (χ4v) is 10.5. The number of aromatic nitrogens is 2. The van der Waals surface area contributed by atoms with Crippen molar-refractivity contribution in [2.24, 2.45) is 11.8 Å². The summed E-state index contributed by atoms with van der Waals surface area (Å²) >= 11 is 4.12. The van der Waals surface area contributed by atoms with Crippen molar-refractivity contribution in [1.29, 1.82) is 0 Å². The van der Waals surface area contributed by atoms with E-state index < -0.39 is 43.0 Å². The van der Waals surface area contributed by atoms with Gasteiger partial charge in [0.1, 0.15) is 22.8 Å². The smallest absolute Gasteiger partial charge is 0.300 e. The number of ether oxygens (including phenoxy) is 2. The summed E-state index contributed by atoms with van der Waals surface area (Å²) in [6, 6.07) is 20.7. The molecule has 2 saturated heterocycles. The molecule has 1 saturated carbocycles. The van der Waals surface area contributed by atoms with E-state index in [4.69, 9.17) is 21.1 Å². The van der Waals surface area contributed by atoms with Crippen LogP contribution in [-0.2, 0) is 17.8 Å². The van der Waals surface area contributed by atoms with Gasteiger partial charge in [0.2, 0.25) is 0 Å². The van der Waals surface area contributed by atoms with E-state index in [0.717, 1.165) is 56.4 Å². The number of anilines is 3. The van der Waals surface area contributed by atoms with Gasteiger partial charge in [-0.15, -0.1) is 0 Å². The molecule has 2 aliphatic heterocycles. The molecule has 1 aliphatic carbocycles. The molecular formula is C44H51ClIN7O8S. The molecule has 5 aromatic rings. The van der Waals surface area contributed by atoms with E-state index in [9.17, 15) is 26.6 Å². The molecule has 8 rings (SSSR count). The second-order valence-corrected chi connectivity index (χ2v) is 20.1. The van der Waals surface area contributed by atoms with Gasteiger partial charge in [-0.25, -0.2) is 21.2 Å². The molecule has 1 amide bonds. The lowest BCUT2D eigenvalue weighted by atomic mass is 9.69. The van der Waals surface area contributed by atoms with Gasteiger partial charge in [-0.3, -0.25) is 14.9 Å². The van der Waals surface area contributed by atoms with Crippen LogP contribution in [0.3, 0.4) is 0 Å². The highest BCUT2D eigenvalue weighted by molar-refractivity contribution is 14.1. The number of rotatable bonds is 14. The van der Waals surface area contributed by atoms with Gasteiger partial charge in [0.15, 0.2) is 0 Å². The number of hydrogen-bond acceptors (Lipinski definition) is 12. The minimum Gasteiger partial charge on any atom is -0.455 e. The molecule has 18 heteroatoms. The molecule has 3 aromatic carbocycles. The highest BCUT2D eigenvalue weighted by Crippen LogP contribution is 2.43. The Morgan fingerprint density at radius 1 is 1.05 bits per heavy atom. The van der Waals surface area contributed by atoms with Crippen LogP contribution in [0.4, 0.5) is 17.1 Å². The Morgan fingerprint density at radius 2 is 1.82 bits per heavy atom. The molecular weight excluding hydrogens is 949 g/mol. The third kappa shape index (κ3) is 10.5. The molecule has 2 aromatic heterocycles. The largest absolute Gasteiger partial charge is 0.455 e. The topological polar surface area (TPSA) is 190 Å². The third-order valence-corrected chi connectivity index (χ3v) is 14.8. The number of carbonyl (C=O) groups excluding carboxylic acids is 1. The summed E-state index contributed by atoms with van der Waals surface area (Å²) < 4.78 is 53.9. The Kier molecular flexibility index (Phi) is 13.7. The van der Waals surface area contributed by atoms with E-state index in [0.29, 0.717) is 76.5 Å². The quantitative estimate of drug-likeness (QED) is 0.0411. The summed E-state index contributed by atoms with van der Waals surface area (Å²) in [6.45, 7) is 7.72. The van der Waals surface area contributed by atoms with Crippen molar-refractivity contribution >= 4 is 77.1 Å². The number of nitrogens with one attached hydrogen (secondary N) is 3. The number of amides is 1. The molecule has 0 radical (unpaired) electrons. The standard InChI is InChI=1S/C44H51ClIN7O8S/c1-44(55)14-10-32(38(25-44)30-2-4-33(45)5-3-30)28-51-16-18-52(19-17-51)34-6-8-37(41(23-34)61-35-22-31-11-15-47-42(31)49-27-35)43(54)50-62(58,59)36-7-9-39(40(24-36)53(57)46-56)48-26-29-12-20-60-21-13-29/h2-9,11,15,22-24,27,29,32,38,48,55,57H,10,12-14,16-21,25-26,28H2,1H3,(H,47,49)(H,50,54)/t32-,38?,44?/m1/s1. The molecule has 15 nitrogen and oxygen atoms in total. The number of benzene rings is 3. The van der Waals surface area contributed by atoms with Gasteiger partial charge in [0.05, 0.1) is 27.9 Å². The zero-order valence-electron chi connectivity index (χ0n) is 34.3. The maximum absolute atomic E-state index is 14.0. The first kappa shape index (κ1) is 44.2. The SMILES string of the molecule is CC1(O)CC[C@H](CN2CCN(c3ccc(C(=O)NS(=O)(=O)c4ccc(NCC5CCOCC5)c(N(O)I=O)c4)c(Oc4cnc5[nH]ccc5c4)c3)CC2)C(c2ccc(Cl)cc2)C1. The maximum atomic E-state index is 14.0. The van der Waals surface area contributed by atoms with Gasteiger partial charge in [-0.2, -0.15) is 3.28 Å². The predicted molar refractivity (Wildman–Crippen MR) is 246 cm³/mol. The zero-order valence-corrected chi connectivity index (χ0v) is 38.0. The first-order chi connectivity index (χ1) is 29.8. The number of H-pyrrole nitrogens is 1. The Bertz CT molecular complexity index is 2490. The van der Waals surface area contributed by atoms with Gasteiger partial charge < -0.3 is 29.8 Å². The van der Waals surface area contributed by atoms with Crippen LogP contribution in [0.5, 0.6) is 11.5 Å². The van der Waals surface area contributed by atoms with Crippen LogP contribution >= 0.6 is 33.1 Å². The van der Waals surface area contributed by atoms with Crippen LogP contribution in [0.1, 0.15) is 60.9 Å². The number of halogens is 2. The molecule has 62 heavy (non-hydrogen) atoms. The van der Waals surface area contributed by atoms with Gasteiger partial charge in [0, 0.05) is 80.8 Å². The molecule has 5 N–H and O–H groups in total. The van der Waals surface area contributed by atoms with Crippen LogP contribution in [-0.4, -0.2) is 97.6 Å². The van der Waals surface area contributed by atoms with Crippen LogP contribution in [0.2, 0.25) is 5.02 Å². The molecule has 2 unspecified atom stereocenters. The molecule has 330 valence electrons. The fourth-order valence-electron chi connectivity index (χ4n) is 8.82. The maximum Gasteiger partial charge on any atom is 0.300 e. The van der Waals surface area contributed by atoms with Crippen molar-refractivity contribution in [2.75, 3.05) is 66.0 Å². The van der Waals surface area contributed by atoms with Crippen molar-refractivity contribution < 1.29 is 36.1 Å². The summed E-state index contributed by atoms with van der Waals surface area (Å²) in [4.78, 5) is 25.8. The van der Waals surface area contributed by atoms with Gasteiger partial charge in [-0.1, -0.05) is 23.7 Å². The number of sulfonamides is 1. The number of aromatic amines is 1. The van der Waals surface area contributed by atoms with Gasteiger partial charge >= 0.3 is 0 Å². The first-order valence-electron chi connectivity index (χ1n) is 20.8. The van der Waals surface area contributed by atoms with Crippen LogP contribution in [0.15, 0.2) is 90.1 Å². The average Bonchev–Trinajstić information content (AvgIpc) is 3.75. The number of aliphatic hydroxyl groups is 1. The van der Waals surface area contributed by atoms with Crippen molar-refractivity contribution in [2.45, 2.75) is 55.4 Å². The van der Waals surface area contributed by atoms with Gasteiger partial charge in [0.25, 0.3) is 37.4 Å². The number of fused-ring (bicyclic) bond motifs is 1. The van der Waals surface area contributed by atoms with E-state index in [1.54, 1.807) is 30.5 Å². The molecule has 3 atom stereocenters. The van der Waals surface area contributed by atoms with Crippen molar-refractivity contribution in [3.63, 3.8) is 0 Å². The second kappa shape index (κ2) is 19.2. The number of nitrogens with zero attached hydrogens (tertiary/aromatic N) is 4. The molecule has 3 aliphatic rings. The number of piperazine rings is 1. The normalized spacial score (nSPS) is 21.5. The van der Waals surface area contributed by atoms with E-state index in [1.807, 2.05) is 25.1 Å². The third-order valence-electron chi connectivity index (χ3n) is 12.3. The lowest BCUT2D eigenvalue weighted by Crippen LogP contribution is -2.49. The van der Waals surface area contributed by atoms with Crippen molar-refractivity contribution in [3.8, 4) is 11.5 Å². The fraction of sp³-hybridized carbons (Fsp3) is 0.409. The number of hydrogen-bond donors (Lipinski definition) is 5. The predicted octanol–water partition coefficient (Wildman–Crippen LogP) is 7.85. The molecule has 3 fully saturated rings. The Labute approximate surface area is 376 Å². The Hall–Kier alpha value is -4.37. The van der Waals surface area contributed by atoms with Crippen LogP contribution < -0.4 is 23.0 Å². The second-order valence-electron chi connectivity index (χ2n) is 16.7. The minimum absolute atomic E-state index is 0.0178. The van der Waals surface area contributed by atoms with Gasteiger partial charge in [-0.05, 0) is 117 Å².